The largest absolute Gasteiger partial charge is 0.486 e. The van der Waals surface area contributed by atoms with Crippen LogP contribution in [0.15, 0.2) is 28.8 Å². The summed E-state index contributed by atoms with van der Waals surface area (Å²) in [4.78, 5) is 24.0. The summed E-state index contributed by atoms with van der Waals surface area (Å²) in [6, 6.07) is 6.78. The van der Waals surface area contributed by atoms with Gasteiger partial charge in [0.05, 0.1) is 0 Å². The molecule has 24 heavy (non-hydrogen) atoms. The lowest BCUT2D eigenvalue weighted by atomic mass is 10.0. The monoisotopic (exact) mass is 330 g/mol. The van der Waals surface area contributed by atoms with Crippen LogP contribution >= 0.6 is 0 Å². The van der Waals surface area contributed by atoms with Crippen molar-refractivity contribution in [3.63, 3.8) is 0 Å². The van der Waals surface area contributed by atoms with Crippen LogP contribution in [-0.2, 0) is 4.79 Å². The maximum atomic E-state index is 12.2. The number of hydrogen-bond acceptors (Lipinski definition) is 6. The smallest absolute Gasteiger partial charge is 0.225 e. The van der Waals surface area contributed by atoms with E-state index in [4.69, 9.17) is 14.0 Å². The van der Waals surface area contributed by atoms with E-state index < -0.39 is 0 Å². The SMILES string of the molecule is Cc1cc(NC(=O)CCCC(=O)c2ccc3c(c2)OCCO3)no1. The number of aryl methyl sites for hydroxylation is 1. The number of aromatic nitrogens is 1. The second kappa shape index (κ2) is 7.16. The molecule has 0 saturated carbocycles. The number of nitrogens with one attached hydrogen (secondary N) is 1. The van der Waals surface area contributed by atoms with Crippen LogP contribution in [0, 0.1) is 6.92 Å². The minimum Gasteiger partial charge on any atom is -0.486 e. The maximum absolute atomic E-state index is 12.2. The molecule has 1 aliphatic rings. The number of fused-ring (bicyclic) bond motifs is 1. The van der Waals surface area contributed by atoms with Crippen LogP contribution in [0.5, 0.6) is 11.5 Å². The van der Waals surface area contributed by atoms with Crippen molar-refractivity contribution >= 4 is 17.5 Å². The van der Waals surface area contributed by atoms with Crippen molar-refractivity contribution in [3.8, 4) is 11.5 Å². The van der Waals surface area contributed by atoms with Crippen LogP contribution in [0.1, 0.15) is 35.4 Å². The highest BCUT2D eigenvalue weighted by Crippen LogP contribution is 2.31. The average Bonchev–Trinajstić information content (AvgIpc) is 2.99. The number of ketones is 1. The first kappa shape index (κ1) is 16.0. The molecule has 0 aliphatic carbocycles. The Bertz CT molecular complexity index is 753. The lowest BCUT2D eigenvalue weighted by Gasteiger charge is -2.18. The first-order chi connectivity index (χ1) is 11.6. The van der Waals surface area contributed by atoms with Gasteiger partial charge in [-0.2, -0.15) is 0 Å². The van der Waals surface area contributed by atoms with Gasteiger partial charge in [-0.3, -0.25) is 9.59 Å². The fraction of sp³-hybridized carbons (Fsp3) is 0.353. The molecule has 1 aliphatic heterocycles. The lowest BCUT2D eigenvalue weighted by Crippen LogP contribution is -2.16. The highest BCUT2D eigenvalue weighted by Gasteiger charge is 2.15. The molecule has 1 aromatic heterocycles. The molecule has 2 aromatic rings. The number of rotatable bonds is 6. The summed E-state index contributed by atoms with van der Waals surface area (Å²) < 4.78 is 15.8. The quantitative estimate of drug-likeness (QED) is 0.819. The summed E-state index contributed by atoms with van der Waals surface area (Å²) in [6.45, 7) is 2.74. The van der Waals surface area contributed by atoms with Gasteiger partial charge in [-0.25, -0.2) is 0 Å². The number of amides is 1. The van der Waals surface area contributed by atoms with Gasteiger partial charge >= 0.3 is 0 Å². The number of carbonyl (C=O) groups is 2. The third kappa shape index (κ3) is 3.92. The van der Waals surface area contributed by atoms with E-state index in [2.05, 4.69) is 10.5 Å². The van der Waals surface area contributed by atoms with Gasteiger partial charge < -0.3 is 19.3 Å². The molecule has 1 amide bonds. The van der Waals surface area contributed by atoms with Crippen LogP contribution in [0.25, 0.3) is 0 Å². The van der Waals surface area contributed by atoms with Crippen molar-refractivity contribution in [2.75, 3.05) is 18.5 Å². The van der Waals surface area contributed by atoms with Crippen LogP contribution in [0.4, 0.5) is 5.82 Å². The average molecular weight is 330 g/mol. The molecule has 0 saturated heterocycles. The molecule has 1 N–H and O–H groups in total. The van der Waals surface area contributed by atoms with Gasteiger partial charge in [0.2, 0.25) is 5.91 Å². The second-order valence-electron chi connectivity index (χ2n) is 5.51. The molecule has 2 heterocycles. The third-order valence-corrected chi connectivity index (χ3v) is 3.57. The fourth-order valence-corrected chi connectivity index (χ4v) is 2.40. The van der Waals surface area contributed by atoms with E-state index in [9.17, 15) is 9.59 Å². The first-order valence-electron chi connectivity index (χ1n) is 7.78. The lowest BCUT2D eigenvalue weighted by molar-refractivity contribution is -0.116. The summed E-state index contributed by atoms with van der Waals surface area (Å²) in [5.41, 5.74) is 0.562. The van der Waals surface area contributed by atoms with E-state index >= 15 is 0 Å². The number of ether oxygens (including phenoxy) is 2. The Balaban J connectivity index is 1.48. The second-order valence-corrected chi connectivity index (χ2v) is 5.51. The van der Waals surface area contributed by atoms with Gasteiger partial charge in [0, 0.05) is 24.5 Å². The van der Waals surface area contributed by atoms with Crippen molar-refractivity contribution in [1.82, 2.24) is 5.16 Å². The molecule has 0 bridgehead atoms. The molecule has 0 spiro atoms. The summed E-state index contributed by atoms with van der Waals surface area (Å²) in [6.07, 6.45) is 0.975. The standard InChI is InChI=1S/C17H18N2O5/c1-11-9-16(19-24-11)18-17(21)4-2-3-13(20)12-5-6-14-15(10-12)23-8-7-22-14/h5-6,9-10H,2-4,7-8H2,1H3,(H,18,19,21). The van der Waals surface area contributed by atoms with Gasteiger partial charge in [0.25, 0.3) is 0 Å². The van der Waals surface area contributed by atoms with Crippen molar-refractivity contribution in [1.29, 1.82) is 0 Å². The zero-order valence-corrected chi connectivity index (χ0v) is 13.3. The number of benzene rings is 1. The van der Waals surface area contributed by atoms with E-state index in [-0.39, 0.29) is 24.5 Å². The highest BCUT2D eigenvalue weighted by atomic mass is 16.6. The molecule has 126 valence electrons. The summed E-state index contributed by atoms with van der Waals surface area (Å²) >= 11 is 0. The van der Waals surface area contributed by atoms with Crippen LogP contribution in [0.2, 0.25) is 0 Å². The number of carbonyl (C=O) groups excluding carboxylic acids is 2. The van der Waals surface area contributed by atoms with E-state index in [0.717, 1.165) is 0 Å². The first-order valence-corrected chi connectivity index (χ1v) is 7.78. The van der Waals surface area contributed by atoms with Gasteiger partial charge in [-0.05, 0) is 31.5 Å². The molecular weight excluding hydrogens is 312 g/mol. The third-order valence-electron chi connectivity index (χ3n) is 3.57. The molecule has 1 aromatic carbocycles. The van der Waals surface area contributed by atoms with Crippen LogP contribution in [-0.4, -0.2) is 30.1 Å². The molecular formula is C17H18N2O5. The van der Waals surface area contributed by atoms with Crippen LogP contribution < -0.4 is 14.8 Å². The molecule has 0 atom stereocenters. The van der Waals surface area contributed by atoms with Gasteiger partial charge in [-0.15, -0.1) is 0 Å². The molecule has 3 rings (SSSR count). The Kier molecular flexibility index (Phi) is 4.79. The minimum absolute atomic E-state index is 0.0305. The highest BCUT2D eigenvalue weighted by molar-refractivity contribution is 5.97. The predicted molar refractivity (Wildman–Crippen MR) is 85.5 cm³/mol. The molecule has 0 unspecified atom stereocenters. The Hall–Kier alpha value is -2.83. The maximum Gasteiger partial charge on any atom is 0.225 e. The summed E-state index contributed by atoms with van der Waals surface area (Å²) in [7, 11) is 0. The van der Waals surface area contributed by atoms with E-state index in [1.54, 1.807) is 31.2 Å². The van der Waals surface area contributed by atoms with Crippen molar-refractivity contribution in [2.24, 2.45) is 0 Å². The Morgan fingerprint density at radius 3 is 2.67 bits per heavy atom. The van der Waals surface area contributed by atoms with Gasteiger partial charge in [0.15, 0.2) is 23.1 Å². The summed E-state index contributed by atoms with van der Waals surface area (Å²) in [5.74, 6) is 2.02. The normalized spacial score (nSPS) is 12.7. The Labute approximate surface area is 138 Å². The summed E-state index contributed by atoms with van der Waals surface area (Å²) in [5, 5.41) is 6.31. The zero-order chi connectivity index (χ0) is 16.9. The van der Waals surface area contributed by atoms with Gasteiger partial charge in [0.1, 0.15) is 19.0 Å². The van der Waals surface area contributed by atoms with E-state index in [1.165, 1.54) is 0 Å². The fourth-order valence-electron chi connectivity index (χ4n) is 2.40. The molecule has 0 radical (unpaired) electrons. The van der Waals surface area contributed by atoms with Crippen molar-refractivity contribution in [3.05, 3.63) is 35.6 Å². The Morgan fingerprint density at radius 1 is 1.12 bits per heavy atom. The van der Waals surface area contributed by atoms with Crippen molar-refractivity contribution in [2.45, 2.75) is 26.2 Å². The predicted octanol–water partition coefficient (Wildman–Crippen LogP) is 2.75. The minimum atomic E-state index is -0.196. The number of Topliss-reactive ketones (excluding diaryl/α,β-unsaturated/α-hetero) is 1. The number of nitrogens with zero attached hydrogens (tertiary/aromatic N) is 1. The van der Waals surface area contributed by atoms with Crippen LogP contribution in [0.3, 0.4) is 0 Å². The number of anilines is 1. The topological polar surface area (TPSA) is 90.7 Å². The van der Waals surface area contributed by atoms with Gasteiger partial charge in [-0.1, -0.05) is 5.16 Å². The van der Waals surface area contributed by atoms with Crippen molar-refractivity contribution < 1.29 is 23.6 Å². The zero-order valence-electron chi connectivity index (χ0n) is 13.3. The molecule has 7 nitrogen and oxygen atoms in total. The van der Waals surface area contributed by atoms with E-state index in [1.807, 2.05) is 0 Å². The Morgan fingerprint density at radius 2 is 1.92 bits per heavy atom. The number of hydrogen-bond donors (Lipinski definition) is 1. The van der Waals surface area contributed by atoms with E-state index in [0.29, 0.717) is 48.3 Å². The molecule has 7 heteroatoms. The molecule has 0 fully saturated rings.